The monoisotopic (exact) mass is 453 g/mol. The molecular formula is C17H19N5O4S3. The summed E-state index contributed by atoms with van der Waals surface area (Å²) in [7, 11) is 0. The van der Waals surface area contributed by atoms with E-state index in [1.165, 1.54) is 27.8 Å². The number of nitrogen functional groups attached to an aromatic ring is 2. The number of hydrogen-bond acceptors (Lipinski definition) is 11. The predicted octanol–water partition coefficient (Wildman–Crippen LogP) is 3.01. The van der Waals surface area contributed by atoms with E-state index in [1.54, 1.807) is 13.8 Å². The van der Waals surface area contributed by atoms with Crippen LogP contribution in [0.4, 0.5) is 5.00 Å². The van der Waals surface area contributed by atoms with E-state index in [4.69, 9.17) is 21.1 Å². The van der Waals surface area contributed by atoms with Gasteiger partial charge in [0.1, 0.15) is 9.88 Å². The molecule has 0 atom stereocenters. The van der Waals surface area contributed by atoms with Crippen LogP contribution in [0.5, 0.6) is 0 Å². The Morgan fingerprint density at radius 1 is 1.21 bits per heavy atom. The third-order valence-corrected chi connectivity index (χ3v) is 6.60. The van der Waals surface area contributed by atoms with E-state index in [9.17, 15) is 9.59 Å². The number of nitrogens with two attached hydrogens (primary N) is 2. The summed E-state index contributed by atoms with van der Waals surface area (Å²) in [6, 6.07) is 3.79. The van der Waals surface area contributed by atoms with Crippen LogP contribution in [0, 0.1) is 0 Å². The molecule has 3 rings (SSSR count). The molecule has 154 valence electrons. The Morgan fingerprint density at radius 2 is 1.93 bits per heavy atom. The lowest BCUT2D eigenvalue weighted by Crippen LogP contribution is -2.13. The maximum atomic E-state index is 12.4. The molecule has 9 nitrogen and oxygen atoms in total. The van der Waals surface area contributed by atoms with Crippen molar-refractivity contribution in [1.82, 2.24) is 14.9 Å². The van der Waals surface area contributed by atoms with Crippen molar-refractivity contribution in [3.63, 3.8) is 0 Å². The zero-order valence-electron chi connectivity index (χ0n) is 15.7. The van der Waals surface area contributed by atoms with Crippen LogP contribution >= 0.6 is 34.4 Å². The van der Waals surface area contributed by atoms with Crippen molar-refractivity contribution in [2.24, 2.45) is 0 Å². The van der Waals surface area contributed by atoms with Gasteiger partial charge in [0, 0.05) is 11.3 Å². The first-order chi connectivity index (χ1) is 14.0. The quantitative estimate of drug-likeness (QED) is 0.300. The maximum absolute atomic E-state index is 12.4. The van der Waals surface area contributed by atoms with Crippen molar-refractivity contribution in [1.29, 1.82) is 0 Å². The van der Waals surface area contributed by atoms with Crippen molar-refractivity contribution >= 4 is 51.4 Å². The van der Waals surface area contributed by atoms with E-state index in [1.807, 2.05) is 17.5 Å². The number of rotatable bonds is 8. The second kappa shape index (κ2) is 9.29. The first-order valence-electron chi connectivity index (χ1n) is 8.60. The summed E-state index contributed by atoms with van der Waals surface area (Å²) in [5, 5.41) is 10.8. The molecule has 3 heterocycles. The third kappa shape index (κ3) is 4.38. The first-order valence-corrected chi connectivity index (χ1v) is 11.3. The van der Waals surface area contributed by atoms with Gasteiger partial charge in [0.2, 0.25) is 5.16 Å². The van der Waals surface area contributed by atoms with E-state index in [-0.39, 0.29) is 34.4 Å². The minimum absolute atomic E-state index is 0.175. The number of anilines is 1. The fourth-order valence-corrected chi connectivity index (χ4v) is 5.15. The van der Waals surface area contributed by atoms with Crippen LogP contribution in [-0.2, 0) is 15.2 Å². The van der Waals surface area contributed by atoms with Gasteiger partial charge in [-0.05, 0) is 25.3 Å². The average Bonchev–Trinajstić information content (AvgIpc) is 3.39. The summed E-state index contributed by atoms with van der Waals surface area (Å²) < 4.78 is 11.6. The van der Waals surface area contributed by atoms with Gasteiger partial charge in [-0.15, -0.1) is 32.9 Å². The summed E-state index contributed by atoms with van der Waals surface area (Å²) in [6.45, 7) is 3.80. The van der Waals surface area contributed by atoms with Gasteiger partial charge in [0.25, 0.3) is 0 Å². The predicted molar refractivity (Wildman–Crippen MR) is 114 cm³/mol. The molecule has 0 amide bonds. The van der Waals surface area contributed by atoms with Crippen LogP contribution in [0.2, 0.25) is 0 Å². The summed E-state index contributed by atoms with van der Waals surface area (Å²) in [4.78, 5) is 25.9. The number of nitrogens with zero attached hydrogens (tertiary/aromatic N) is 3. The minimum Gasteiger partial charge on any atom is -0.462 e. The molecule has 4 N–H and O–H groups in total. The summed E-state index contributed by atoms with van der Waals surface area (Å²) >= 11 is 3.73. The van der Waals surface area contributed by atoms with Crippen molar-refractivity contribution in [2.45, 2.75) is 24.8 Å². The van der Waals surface area contributed by atoms with E-state index in [0.29, 0.717) is 16.5 Å². The Labute approximate surface area is 179 Å². The maximum Gasteiger partial charge on any atom is 0.348 e. The zero-order valence-corrected chi connectivity index (χ0v) is 18.2. The number of carbonyl (C=O) groups excluding carboxylic acids is 2. The molecule has 0 fully saturated rings. The highest BCUT2D eigenvalue weighted by Gasteiger charge is 2.28. The molecule has 12 heteroatoms. The van der Waals surface area contributed by atoms with Crippen molar-refractivity contribution in [2.75, 3.05) is 24.8 Å². The Balaban J connectivity index is 1.91. The third-order valence-electron chi connectivity index (χ3n) is 3.73. The molecule has 0 bridgehead atoms. The van der Waals surface area contributed by atoms with Gasteiger partial charge >= 0.3 is 11.9 Å². The molecular weight excluding hydrogens is 434 g/mol. The topological polar surface area (TPSA) is 135 Å². The van der Waals surface area contributed by atoms with Crippen LogP contribution < -0.4 is 11.6 Å². The lowest BCUT2D eigenvalue weighted by Gasteiger charge is -2.07. The second-order valence-electron chi connectivity index (χ2n) is 5.53. The first kappa shape index (κ1) is 21.1. The van der Waals surface area contributed by atoms with Gasteiger partial charge in [0.15, 0.2) is 5.82 Å². The molecule has 0 saturated carbocycles. The Hall–Kier alpha value is -2.57. The zero-order chi connectivity index (χ0) is 21.0. The normalized spacial score (nSPS) is 10.8. The number of hydrogen-bond donors (Lipinski definition) is 2. The number of ether oxygens (including phenoxy) is 2. The standard InChI is InChI=1S/C17H19N5O4S3/c1-3-25-15(23)11-9(12(29-13(11)18)16(24)26-4-2)8-28-17-21-20-14(22(17)19)10-6-5-7-27-10/h5-7H,3-4,8,18-19H2,1-2H3. The fraction of sp³-hybridized carbons (Fsp3) is 0.294. The number of aromatic nitrogens is 3. The summed E-state index contributed by atoms with van der Waals surface area (Å²) in [5.74, 6) is 5.76. The molecule has 29 heavy (non-hydrogen) atoms. The van der Waals surface area contributed by atoms with Crippen LogP contribution in [0.25, 0.3) is 10.7 Å². The molecule has 0 aliphatic heterocycles. The van der Waals surface area contributed by atoms with Gasteiger partial charge in [0.05, 0.1) is 23.7 Å². The smallest absolute Gasteiger partial charge is 0.348 e. The van der Waals surface area contributed by atoms with Gasteiger partial charge in [-0.25, -0.2) is 14.3 Å². The highest BCUT2D eigenvalue weighted by molar-refractivity contribution is 7.98. The average molecular weight is 454 g/mol. The van der Waals surface area contributed by atoms with Gasteiger partial charge in [-0.3, -0.25) is 0 Å². The molecule has 0 radical (unpaired) electrons. The Kier molecular flexibility index (Phi) is 6.77. The van der Waals surface area contributed by atoms with Crippen LogP contribution in [0.3, 0.4) is 0 Å². The number of thiophene rings is 2. The van der Waals surface area contributed by atoms with Crippen LogP contribution in [0.1, 0.15) is 39.4 Å². The minimum atomic E-state index is -0.583. The Bertz CT molecular complexity index is 1010. The molecule has 0 aliphatic rings. The van der Waals surface area contributed by atoms with E-state index in [2.05, 4.69) is 10.2 Å². The van der Waals surface area contributed by atoms with E-state index < -0.39 is 11.9 Å². The van der Waals surface area contributed by atoms with Crippen LogP contribution in [-0.4, -0.2) is 40.0 Å². The van der Waals surface area contributed by atoms with Crippen molar-refractivity contribution in [3.8, 4) is 10.7 Å². The SMILES string of the molecule is CCOC(=O)c1sc(N)c(C(=O)OCC)c1CSc1nnc(-c2cccs2)n1N. The molecule has 3 aromatic rings. The number of esters is 2. The van der Waals surface area contributed by atoms with Crippen LogP contribution in [0.15, 0.2) is 22.7 Å². The largest absolute Gasteiger partial charge is 0.462 e. The Morgan fingerprint density at radius 3 is 2.59 bits per heavy atom. The molecule has 0 saturated heterocycles. The van der Waals surface area contributed by atoms with Crippen molar-refractivity contribution < 1.29 is 19.1 Å². The lowest BCUT2D eigenvalue weighted by atomic mass is 10.1. The van der Waals surface area contributed by atoms with Gasteiger partial charge in [-0.1, -0.05) is 17.8 Å². The fourth-order valence-electron chi connectivity index (χ4n) is 2.50. The molecule has 0 aliphatic carbocycles. The van der Waals surface area contributed by atoms with Gasteiger partial charge in [-0.2, -0.15) is 0 Å². The molecule has 0 aromatic carbocycles. The van der Waals surface area contributed by atoms with Gasteiger partial charge < -0.3 is 21.1 Å². The number of thioether (sulfide) groups is 1. The van der Waals surface area contributed by atoms with E-state index in [0.717, 1.165) is 16.2 Å². The number of carbonyl (C=O) groups is 2. The van der Waals surface area contributed by atoms with E-state index >= 15 is 0 Å². The highest BCUT2D eigenvalue weighted by Crippen LogP contribution is 2.36. The summed E-state index contributed by atoms with van der Waals surface area (Å²) in [6.07, 6.45) is 0. The molecule has 0 spiro atoms. The lowest BCUT2D eigenvalue weighted by molar-refractivity contribution is 0.0527. The van der Waals surface area contributed by atoms with Crippen molar-refractivity contribution in [3.05, 3.63) is 33.5 Å². The molecule has 0 unspecified atom stereocenters. The summed E-state index contributed by atoms with van der Waals surface area (Å²) in [5.41, 5.74) is 6.63. The molecule has 3 aromatic heterocycles. The second-order valence-corrected chi connectivity index (χ2v) is 8.47. The highest BCUT2D eigenvalue weighted by atomic mass is 32.2.